The van der Waals surface area contributed by atoms with E-state index in [9.17, 15) is 4.79 Å². The Bertz CT molecular complexity index is 280. The van der Waals surface area contributed by atoms with Crippen molar-refractivity contribution in [2.24, 2.45) is 0 Å². The van der Waals surface area contributed by atoms with E-state index in [-0.39, 0.29) is 6.42 Å². The number of aliphatic carboxylic acids is 1. The number of carboxylic acid groups (broad SMARTS) is 1. The topological polar surface area (TPSA) is 57.5 Å². The van der Waals surface area contributed by atoms with E-state index in [1.807, 2.05) is 18.4 Å². The molecule has 0 aliphatic carbocycles. The number of carbonyl (C=O) groups is 1. The SMILES string of the molecule is Cc1csc(CC(O)C(=O)O)c1. The minimum Gasteiger partial charge on any atom is -0.479 e. The molecule has 3 nitrogen and oxygen atoms in total. The zero-order valence-electron chi connectivity index (χ0n) is 6.65. The molecular formula is C8H10O3S. The van der Waals surface area contributed by atoms with Gasteiger partial charge in [0.1, 0.15) is 0 Å². The van der Waals surface area contributed by atoms with Gasteiger partial charge >= 0.3 is 5.97 Å². The van der Waals surface area contributed by atoms with E-state index in [4.69, 9.17) is 10.2 Å². The fourth-order valence-corrected chi connectivity index (χ4v) is 1.79. The van der Waals surface area contributed by atoms with E-state index in [0.717, 1.165) is 10.4 Å². The molecule has 0 amide bonds. The van der Waals surface area contributed by atoms with Gasteiger partial charge in [0.2, 0.25) is 0 Å². The number of hydrogen-bond acceptors (Lipinski definition) is 3. The molecule has 12 heavy (non-hydrogen) atoms. The van der Waals surface area contributed by atoms with Crippen molar-refractivity contribution in [1.29, 1.82) is 0 Å². The molecular weight excluding hydrogens is 176 g/mol. The summed E-state index contributed by atoms with van der Waals surface area (Å²) in [6, 6.07) is 1.89. The van der Waals surface area contributed by atoms with Crippen LogP contribution in [0.25, 0.3) is 0 Å². The van der Waals surface area contributed by atoms with Gasteiger partial charge in [-0.1, -0.05) is 0 Å². The molecule has 66 valence electrons. The first-order valence-corrected chi connectivity index (χ1v) is 4.42. The van der Waals surface area contributed by atoms with Gasteiger partial charge in [0.25, 0.3) is 0 Å². The van der Waals surface area contributed by atoms with E-state index in [0.29, 0.717) is 0 Å². The van der Waals surface area contributed by atoms with E-state index in [1.54, 1.807) is 0 Å². The van der Waals surface area contributed by atoms with Crippen LogP contribution in [0, 0.1) is 6.92 Å². The van der Waals surface area contributed by atoms with E-state index in [1.165, 1.54) is 11.3 Å². The Balaban J connectivity index is 2.58. The second-order valence-electron chi connectivity index (χ2n) is 2.65. The number of hydrogen-bond donors (Lipinski definition) is 2. The molecule has 0 spiro atoms. The number of aryl methyl sites for hydroxylation is 1. The predicted octanol–water partition coefficient (Wildman–Crippen LogP) is 1.04. The molecule has 4 heteroatoms. The summed E-state index contributed by atoms with van der Waals surface area (Å²) < 4.78 is 0. The summed E-state index contributed by atoms with van der Waals surface area (Å²) in [5.74, 6) is -1.17. The van der Waals surface area contributed by atoms with Gasteiger partial charge in [0.15, 0.2) is 6.10 Å². The highest BCUT2D eigenvalue weighted by Crippen LogP contribution is 2.15. The van der Waals surface area contributed by atoms with Crippen LogP contribution in [0.3, 0.4) is 0 Å². The molecule has 0 saturated heterocycles. The molecule has 1 heterocycles. The number of aliphatic hydroxyl groups excluding tert-OH is 1. The maximum Gasteiger partial charge on any atom is 0.332 e. The molecule has 0 aliphatic heterocycles. The van der Waals surface area contributed by atoms with Crippen molar-refractivity contribution in [3.63, 3.8) is 0 Å². The van der Waals surface area contributed by atoms with Crippen LogP contribution in [0.15, 0.2) is 11.4 Å². The highest BCUT2D eigenvalue weighted by atomic mass is 32.1. The van der Waals surface area contributed by atoms with Gasteiger partial charge < -0.3 is 10.2 Å². The summed E-state index contributed by atoms with van der Waals surface area (Å²) >= 11 is 1.47. The lowest BCUT2D eigenvalue weighted by Crippen LogP contribution is -2.21. The van der Waals surface area contributed by atoms with Crippen LogP contribution in [0.4, 0.5) is 0 Å². The lowest BCUT2D eigenvalue weighted by Gasteiger charge is -2.01. The van der Waals surface area contributed by atoms with E-state index in [2.05, 4.69) is 0 Å². The molecule has 0 fully saturated rings. The molecule has 0 saturated carbocycles. The molecule has 1 aromatic rings. The molecule has 0 radical (unpaired) electrons. The third kappa shape index (κ3) is 2.32. The molecule has 0 aromatic carbocycles. The van der Waals surface area contributed by atoms with Crippen molar-refractivity contribution in [1.82, 2.24) is 0 Å². The molecule has 0 aliphatic rings. The zero-order valence-corrected chi connectivity index (χ0v) is 7.47. The summed E-state index contributed by atoms with van der Waals surface area (Å²) in [6.45, 7) is 1.94. The van der Waals surface area contributed by atoms with Crippen molar-refractivity contribution in [3.05, 3.63) is 21.9 Å². The smallest absolute Gasteiger partial charge is 0.332 e. The highest BCUT2D eigenvalue weighted by Gasteiger charge is 2.14. The number of aliphatic hydroxyl groups is 1. The molecule has 2 N–H and O–H groups in total. The maximum absolute atomic E-state index is 10.3. The van der Waals surface area contributed by atoms with Gasteiger partial charge in [-0.15, -0.1) is 11.3 Å². The monoisotopic (exact) mass is 186 g/mol. The Morgan fingerprint density at radius 1 is 1.75 bits per heavy atom. The maximum atomic E-state index is 10.3. The van der Waals surface area contributed by atoms with Gasteiger partial charge in [-0.2, -0.15) is 0 Å². The Morgan fingerprint density at radius 2 is 2.42 bits per heavy atom. The Labute approximate surface area is 74.3 Å². The summed E-state index contributed by atoms with van der Waals surface area (Å²) in [5.41, 5.74) is 1.10. The fraction of sp³-hybridized carbons (Fsp3) is 0.375. The van der Waals surface area contributed by atoms with Crippen molar-refractivity contribution in [2.75, 3.05) is 0 Å². The lowest BCUT2D eigenvalue weighted by molar-refractivity contribution is -0.146. The first-order chi connectivity index (χ1) is 5.59. The van der Waals surface area contributed by atoms with Gasteiger partial charge in [-0.05, 0) is 23.9 Å². The lowest BCUT2D eigenvalue weighted by atomic mass is 10.2. The highest BCUT2D eigenvalue weighted by molar-refractivity contribution is 7.10. The largest absolute Gasteiger partial charge is 0.479 e. The Kier molecular flexibility index (Phi) is 2.83. The van der Waals surface area contributed by atoms with Crippen LogP contribution < -0.4 is 0 Å². The average Bonchev–Trinajstić information content (AvgIpc) is 2.35. The standard InChI is InChI=1S/C8H10O3S/c1-5-2-6(12-4-5)3-7(9)8(10)11/h2,4,7,9H,3H2,1H3,(H,10,11). The second-order valence-corrected chi connectivity index (χ2v) is 3.64. The number of thiophene rings is 1. The van der Waals surface area contributed by atoms with Crippen LogP contribution in [0.1, 0.15) is 10.4 Å². The van der Waals surface area contributed by atoms with Gasteiger partial charge in [0.05, 0.1) is 0 Å². The molecule has 1 rings (SSSR count). The quantitative estimate of drug-likeness (QED) is 0.741. The van der Waals surface area contributed by atoms with Crippen LogP contribution in [0.2, 0.25) is 0 Å². The van der Waals surface area contributed by atoms with E-state index < -0.39 is 12.1 Å². The predicted molar refractivity (Wildman–Crippen MR) is 46.4 cm³/mol. The Hall–Kier alpha value is -0.870. The summed E-state index contributed by atoms with van der Waals surface area (Å²) in [5, 5.41) is 19.3. The number of carboxylic acids is 1. The van der Waals surface area contributed by atoms with Gasteiger partial charge in [0, 0.05) is 11.3 Å². The van der Waals surface area contributed by atoms with Crippen molar-refractivity contribution < 1.29 is 15.0 Å². The first kappa shape index (κ1) is 9.22. The van der Waals surface area contributed by atoms with Gasteiger partial charge in [-0.3, -0.25) is 0 Å². The fourth-order valence-electron chi connectivity index (χ4n) is 0.876. The third-order valence-electron chi connectivity index (χ3n) is 1.46. The van der Waals surface area contributed by atoms with Crippen LogP contribution in [-0.4, -0.2) is 22.3 Å². The van der Waals surface area contributed by atoms with Crippen LogP contribution in [0.5, 0.6) is 0 Å². The van der Waals surface area contributed by atoms with Crippen LogP contribution >= 0.6 is 11.3 Å². The Morgan fingerprint density at radius 3 is 2.83 bits per heavy atom. The minimum atomic E-state index is -1.27. The summed E-state index contributed by atoms with van der Waals surface area (Å²) in [7, 11) is 0. The molecule has 1 atom stereocenters. The molecule has 1 unspecified atom stereocenters. The van der Waals surface area contributed by atoms with Crippen LogP contribution in [-0.2, 0) is 11.2 Å². The molecule has 1 aromatic heterocycles. The van der Waals surface area contributed by atoms with Crippen molar-refractivity contribution in [3.8, 4) is 0 Å². The van der Waals surface area contributed by atoms with Crippen molar-refractivity contribution >= 4 is 17.3 Å². The first-order valence-electron chi connectivity index (χ1n) is 3.54. The normalized spacial score (nSPS) is 12.8. The van der Waals surface area contributed by atoms with Crippen molar-refractivity contribution in [2.45, 2.75) is 19.4 Å². The average molecular weight is 186 g/mol. The van der Waals surface area contributed by atoms with Gasteiger partial charge in [-0.25, -0.2) is 4.79 Å². The molecule has 0 bridgehead atoms. The summed E-state index contributed by atoms with van der Waals surface area (Å²) in [6.07, 6.45) is -1.07. The number of rotatable bonds is 3. The third-order valence-corrected chi connectivity index (χ3v) is 2.54. The summed E-state index contributed by atoms with van der Waals surface area (Å²) in [4.78, 5) is 11.2. The van der Waals surface area contributed by atoms with E-state index >= 15 is 0 Å². The zero-order chi connectivity index (χ0) is 9.14. The second kappa shape index (κ2) is 3.69. The minimum absolute atomic E-state index is 0.202.